The van der Waals surface area contributed by atoms with Crippen LogP contribution in [0.3, 0.4) is 0 Å². The minimum atomic E-state index is -4.80. The standard InChI is InChI=1S/C26H18ClF3N4O6S/c27-22-12-8-18(26(28,29)30)14-23(22)33(41(38,39)21-4-2-1-3-5-21)16-25(35)32-31-15-20-11-13-24(40-20)17-6-9-19(10-7-17)34(36)37/h1-15H,16H2,(H,32,35)/b31-15-. The number of carbonyl (C=O) groups is 1. The average Bonchev–Trinajstić information content (AvgIpc) is 3.41. The molecule has 0 aliphatic heterocycles. The van der Waals surface area contributed by atoms with E-state index in [0.717, 1.165) is 12.3 Å². The molecule has 0 bridgehead atoms. The molecule has 0 spiro atoms. The predicted octanol–water partition coefficient (Wildman–Crippen LogP) is 5.87. The molecular formula is C26H18ClF3N4O6S. The molecule has 10 nitrogen and oxygen atoms in total. The van der Waals surface area contributed by atoms with Gasteiger partial charge in [0.2, 0.25) is 0 Å². The van der Waals surface area contributed by atoms with E-state index in [1.54, 1.807) is 12.1 Å². The SMILES string of the molecule is O=C(CN(c1cc(C(F)(F)F)ccc1Cl)S(=O)(=O)c1ccccc1)N/N=C\c1ccc(-c2ccc([N+](=O)[O-])cc2)o1. The Morgan fingerprint density at radius 2 is 1.73 bits per heavy atom. The molecule has 0 unspecified atom stereocenters. The van der Waals surface area contributed by atoms with Crippen LogP contribution in [0, 0.1) is 10.1 Å². The third-order valence-corrected chi connectivity index (χ3v) is 7.62. The maximum absolute atomic E-state index is 13.4. The smallest absolute Gasteiger partial charge is 0.416 e. The van der Waals surface area contributed by atoms with Crippen LogP contribution in [0.15, 0.2) is 99.3 Å². The monoisotopic (exact) mass is 606 g/mol. The number of hydrogen-bond donors (Lipinski definition) is 1. The van der Waals surface area contributed by atoms with Crippen LogP contribution in [0.4, 0.5) is 24.5 Å². The van der Waals surface area contributed by atoms with Gasteiger partial charge in [-0.15, -0.1) is 0 Å². The van der Waals surface area contributed by atoms with Gasteiger partial charge in [-0.2, -0.15) is 18.3 Å². The number of amides is 1. The number of nitrogens with zero attached hydrogens (tertiary/aromatic N) is 3. The Hall–Kier alpha value is -4.69. The topological polar surface area (TPSA) is 135 Å². The van der Waals surface area contributed by atoms with Crippen LogP contribution in [0.2, 0.25) is 5.02 Å². The van der Waals surface area contributed by atoms with E-state index in [2.05, 4.69) is 10.5 Å². The summed E-state index contributed by atoms with van der Waals surface area (Å²) >= 11 is 6.10. The zero-order chi connectivity index (χ0) is 29.8. The molecule has 1 heterocycles. The van der Waals surface area contributed by atoms with Gasteiger partial charge in [0.1, 0.15) is 18.1 Å². The Bertz CT molecular complexity index is 1710. The normalized spacial score (nSPS) is 11.9. The molecule has 4 rings (SSSR count). The summed E-state index contributed by atoms with van der Waals surface area (Å²) in [5, 5.41) is 14.2. The van der Waals surface area contributed by atoms with Crippen LogP contribution >= 0.6 is 11.6 Å². The van der Waals surface area contributed by atoms with Gasteiger partial charge in [0.05, 0.1) is 32.3 Å². The minimum absolute atomic E-state index is 0.0976. The number of sulfonamides is 1. The Balaban J connectivity index is 1.55. The Labute approximate surface area is 235 Å². The van der Waals surface area contributed by atoms with Gasteiger partial charge in [-0.05, 0) is 54.6 Å². The predicted molar refractivity (Wildman–Crippen MR) is 144 cm³/mol. The molecule has 3 aromatic carbocycles. The first-order chi connectivity index (χ1) is 19.4. The van der Waals surface area contributed by atoms with E-state index in [1.165, 1.54) is 54.6 Å². The second kappa shape index (κ2) is 11.8. The zero-order valence-electron chi connectivity index (χ0n) is 20.6. The van der Waals surface area contributed by atoms with E-state index in [4.69, 9.17) is 16.0 Å². The lowest BCUT2D eigenvalue weighted by Gasteiger charge is -2.25. The third-order valence-electron chi connectivity index (χ3n) is 5.53. The molecule has 0 saturated heterocycles. The maximum atomic E-state index is 13.4. The van der Waals surface area contributed by atoms with Crippen LogP contribution in [0.5, 0.6) is 0 Å². The minimum Gasteiger partial charge on any atom is -0.455 e. The van der Waals surface area contributed by atoms with Gasteiger partial charge in [-0.1, -0.05) is 29.8 Å². The number of hydrogen-bond acceptors (Lipinski definition) is 7. The molecule has 1 N–H and O–H groups in total. The second-order valence-electron chi connectivity index (χ2n) is 8.29. The van der Waals surface area contributed by atoms with E-state index in [0.29, 0.717) is 27.8 Å². The van der Waals surface area contributed by atoms with Gasteiger partial charge < -0.3 is 4.42 Å². The molecule has 4 aromatic rings. The van der Waals surface area contributed by atoms with Crippen molar-refractivity contribution in [2.24, 2.45) is 5.10 Å². The van der Waals surface area contributed by atoms with Crippen molar-refractivity contribution in [2.45, 2.75) is 11.1 Å². The fourth-order valence-electron chi connectivity index (χ4n) is 3.56. The van der Waals surface area contributed by atoms with E-state index >= 15 is 0 Å². The fourth-order valence-corrected chi connectivity index (χ4v) is 5.28. The summed E-state index contributed by atoms with van der Waals surface area (Å²) in [6, 6.07) is 17.6. The van der Waals surface area contributed by atoms with Crippen molar-refractivity contribution in [1.29, 1.82) is 0 Å². The number of rotatable bonds is 9. The number of non-ortho nitro benzene ring substituents is 1. The number of benzene rings is 3. The van der Waals surface area contributed by atoms with Crippen LogP contribution in [-0.4, -0.2) is 32.0 Å². The number of alkyl halides is 3. The second-order valence-corrected chi connectivity index (χ2v) is 10.6. The molecule has 212 valence electrons. The Morgan fingerprint density at radius 3 is 2.37 bits per heavy atom. The van der Waals surface area contributed by atoms with E-state index in [-0.39, 0.29) is 21.4 Å². The molecule has 0 radical (unpaired) electrons. The van der Waals surface area contributed by atoms with Gasteiger partial charge in [-0.25, -0.2) is 13.8 Å². The van der Waals surface area contributed by atoms with Crippen molar-refractivity contribution in [2.75, 3.05) is 10.8 Å². The number of nitrogens with one attached hydrogen (secondary N) is 1. The van der Waals surface area contributed by atoms with Crippen molar-refractivity contribution >= 4 is 45.1 Å². The summed E-state index contributed by atoms with van der Waals surface area (Å²) in [5.41, 5.74) is 0.841. The quantitative estimate of drug-likeness (QED) is 0.144. The maximum Gasteiger partial charge on any atom is 0.416 e. The summed E-state index contributed by atoms with van der Waals surface area (Å²) in [7, 11) is -4.54. The molecule has 0 aliphatic rings. The number of nitro benzene ring substituents is 1. The highest BCUT2D eigenvalue weighted by atomic mass is 35.5. The highest BCUT2D eigenvalue weighted by Gasteiger charge is 2.34. The number of furan rings is 1. The summed E-state index contributed by atoms with van der Waals surface area (Å²) in [5.74, 6) is -0.461. The van der Waals surface area contributed by atoms with E-state index in [1.807, 2.05) is 0 Å². The first-order valence-electron chi connectivity index (χ1n) is 11.5. The molecule has 41 heavy (non-hydrogen) atoms. The largest absolute Gasteiger partial charge is 0.455 e. The van der Waals surface area contributed by atoms with Crippen molar-refractivity contribution in [3.63, 3.8) is 0 Å². The Kier molecular flexibility index (Phi) is 8.44. The van der Waals surface area contributed by atoms with Crippen molar-refractivity contribution < 1.29 is 35.7 Å². The molecule has 0 aliphatic carbocycles. The average molecular weight is 607 g/mol. The lowest BCUT2D eigenvalue weighted by molar-refractivity contribution is -0.384. The van der Waals surface area contributed by atoms with Crippen LogP contribution in [0.25, 0.3) is 11.3 Å². The number of anilines is 1. The van der Waals surface area contributed by atoms with Crippen molar-refractivity contribution in [3.8, 4) is 11.3 Å². The zero-order valence-corrected chi connectivity index (χ0v) is 22.2. The van der Waals surface area contributed by atoms with Gasteiger partial charge in [0.15, 0.2) is 0 Å². The fraction of sp³-hybridized carbons (Fsp3) is 0.0769. The highest BCUT2D eigenvalue weighted by Crippen LogP contribution is 2.37. The van der Waals surface area contributed by atoms with Gasteiger partial charge in [0, 0.05) is 17.7 Å². The lowest BCUT2D eigenvalue weighted by atomic mass is 10.1. The number of hydrazone groups is 1. The molecule has 0 atom stereocenters. The Morgan fingerprint density at radius 1 is 1.05 bits per heavy atom. The van der Waals surface area contributed by atoms with E-state index < -0.39 is 44.8 Å². The molecule has 1 aromatic heterocycles. The van der Waals surface area contributed by atoms with Gasteiger partial charge >= 0.3 is 6.18 Å². The number of carbonyl (C=O) groups excluding carboxylic acids is 1. The number of halogens is 4. The summed E-state index contributed by atoms with van der Waals surface area (Å²) in [6.07, 6.45) is -3.69. The number of nitro groups is 1. The van der Waals surface area contributed by atoms with E-state index in [9.17, 15) is 36.5 Å². The van der Waals surface area contributed by atoms with Crippen molar-refractivity contribution in [3.05, 3.63) is 111 Å². The third kappa shape index (κ3) is 6.91. The van der Waals surface area contributed by atoms with Crippen LogP contribution in [-0.2, 0) is 21.0 Å². The first kappa shape index (κ1) is 29.3. The van der Waals surface area contributed by atoms with Crippen LogP contribution in [0.1, 0.15) is 11.3 Å². The molecular weight excluding hydrogens is 589 g/mol. The lowest BCUT2D eigenvalue weighted by Crippen LogP contribution is -2.39. The molecule has 15 heteroatoms. The molecule has 0 saturated carbocycles. The van der Waals surface area contributed by atoms with Gasteiger partial charge in [-0.3, -0.25) is 19.2 Å². The van der Waals surface area contributed by atoms with Gasteiger partial charge in [0.25, 0.3) is 21.6 Å². The highest BCUT2D eigenvalue weighted by molar-refractivity contribution is 7.92. The van der Waals surface area contributed by atoms with Crippen molar-refractivity contribution in [1.82, 2.24) is 5.43 Å². The van der Waals surface area contributed by atoms with Crippen LogP contribution < -0.4 is 9.73 Å². The summed E-state index contributed by atoms with van der Waals surface area (Å²) < 4.78 is 73.0. The first-order valence-corrected chi connectivity index (χ1v) is 13.3. The molecule has 1 amide bonds. The molecule has 0 fully saturated rings. The summed E-state index contributed by atoms with van der Waals surface area (Å²) in [4.78, 5) is 22.7. The summed E-state index contributed by atoms with van der Waals surface area (Å²) in [6.45, 7) is -0.957.